The first kappa shape index (κ1) is 21.1. The van der Waals surface area contributed by atoms with Crippen LogP contribution in [0.5, 0.6) is 0 Å². The number of aliphatic hydroxyl groups is 2. The fourth-order valence-electron chi connectivity index (χ4n) is 2.90. The molecule has 3 heterocycles. The zero-order chi connectivity index (χ0) is 21.4. The fraction of sp³-hybridized carbons (Fsp3) is 0.429. The summed E-state index contributed by atoms with van der Waals surface area (Å²) in [5.74, 6) is -1.04. The third-order valence-electron chi connectivity index (χ3n) is 4.25. The monoisotopic (exact) mass is 429 g/mol. The number of rotatable bonds is 6. The molecule has 1 saturated heterocycles. The number of aromatic nitrogens is 3. The number of phosphoric acid groups is 1. The molecule has 0 saturated carbocycles. The Morgan fingerprint density at radius 2 is 2.17 bits per heavy atom. The van der Waals surface area contributed by atoms with E-state index in [-0.39, 0.29) is 11.5 Å². The van der Waals surface area contributed by atoms with Crippen LogP contribution in [0.3, 0.4) is 0 Å². The Morgan fingerprint density at radius 1 is 1.45 bits per heavy atom. The molecule has 0 aliphatic carbocycles. The van der Waals surface area contributed by atoms with Crippen LogP contribution >= 0.6 is 7.82 Å². The highest BCUT2D eigenvalue weighted by atomic mass is 31.2. The van der Waals surface area contributed by atoms with Crippen molar-refractivity contribution in [2.75, 3.05) is 18.9 Å². The maximum absolute atomic E-state index is 11.5. The van der Waals surface area contributed by atoms with Gasteiger partial charge in [-0.05, 0) is 12.1 Å². The molecule has 2 aromatic heterocycles. The van der Waals surface area contributed by atoms with Crippen molar-refractivity contribution in [3.05, 3.63) is 24.2 Å². The van der Waals surface area contributed by atoms with Gasteiger partial charge in [-0.1, -0.05) is 0 Å². The summed E-state index contributed by atoms with van der Waals surface area (Å²) in [4.78, 5) is 32.5. The van der Waals surface area contributed by atoms with E-state index in [1.165, 1.54) is 16.6 Å². The standard InChI is InChI=1S/C14H16N5O9P/c15-5-14(9-2-1-7-13(16)17-6-18-19(7)9)12(22)11(21)8(28-14)3-26-10(20)4-27-29(23,24)25/h1-2,6,8,11-12,21-22H,3-4H2,(H2,16,17,18)(H2,23,24,25)/t8-,11-,12-,14+/m1/s1. The van der Waals surface area contributed by atoms with Gasteiger partial charge < -0.3 is 35.2 Å². The first-order chi connectivity index (χ1) is 13.6. The van der Waals surface area contributed by atoms with Gasteiger partial charge in [-0.2, -0.15) is 10.4 Å². The van der Waals surface area contributed by atoms with E-state index in [0.717, 1.165) is 6.33 Å². The Kier molecular flexibility index (Phi) is 5.57. The Bertz CT molecular complexity index is 1020. The van der Waals surface area contributed by atoms with Gasteiger partial charge in [0.1, 0.15) is 42.8 Å². The smallest absolute Gasteiger partial charge is 0.461 e. The molecule has 0 aromatic carbocycles. The molecule has 0 radical (unpaired) electrons. The number of ether oxygens (including phenoxy) is 2. The van der Waals surface area contributed by atoms with Crippen LogP contribution in [0, 0.1) is 11.3 Å². The molecule has 156 valence electrons. The van der Waals surface area contributed by atoms with Crippen LogP contribution in [0.4, 0.5) is 5.82 Å². The van der Waals surface area contributed by atoms with E-state index < -0.39 is 50.9 Å². The number of anilines is 1. The van der Waals surface area contributed by atoms with E-state index in [0.29, 0.717) is 5.52 Å². The average Bonchev–Trinajstić information content (AvgIpc) is 3.20. The molecule has 4 atom stereocenters. The van der Waals surface area contributed by atoms with E-state index in [1.807, 2.05) is 6.07 Å². The van der Waals surface area contributed by atoms with Crippen LogP contribution in [0.2, 0.25) is 0 Å². The Labute approximate surface area is 162 Å². The summed E-state index contributed by atoms with van der Waals surface area (Å²) in [6.45, 7) is -1.66. The van der Waals surface area contributed by atoms with Gasteiger partial charge in [-0.3, -0.25) is 4.52 Å². The molecule has 1 fully saturated rings. The lowest BCUT2D eigenvalue weighted by atomic mass is 9.92. The summed E-state index contributed by atoms with van der Waals surface area (Å²) in [7, 11) is -4.87. The van der Waals surface area contributed by atoms with Gasteiger partial charge in [0.15, 0.2) is 12.4 Å². The summed E-state index contributed by atoms with van der Waals surface area (Å²) < 4.78 is 26.1. The van der Waals surface area contributed by atoms with Crippen molar-refractivity contribution in [1.82, 2.24) is 14.6 Å². The lowest BCUT2D eigenvalue weighted by Gasteiger charge is -2.24. The number of nitrogens with zero attached hydrogens (tertiary/aromatic N) is 4. The van der Waals surface area contributed by atoms with Gasteiger partial charge in [-0.15, -0.1) is 0 Å². The van der Waals surface area contributed by atoms with Gasteiger partial charge >= 0.3 is 13.8 Å². The molecule has 6 N–H and O–H groups in total. The summed E-state index contributed by atoms with van der Waals surface area (Å²) in [6.07, 6.45) is -3.56. The lowest BCUT2D eigenvalue weighted by molar-refractivity contribution is -0.153. The van der Waals surface area contributed by atoms with E-state index in [1.54, 1.807) is 0 Å². The SMILES string of the molecule is N#C[C@@]1(c2ccc3c(N)ncnn23)O[C@H](COC(=O)COP(=O)(O)O)[C@@H](O)[C@H]1O. The van der Waals surface area contributed by atoms with Crippen molar-refractivity contribution < 1.29 is 43.4 Å². The normalized spacial score (nSPS) is 27.1. The Morgan fingerprint density at radius 3 is 2.83 bits per heavy atom. The molecule has 2 aromatic rings. The van der Waals surface area contributed by atoms with Crippen LogP contribution in [0.25, 0.3) is 5.52 Å². The number of hydrogen-bond acceptors (Lipinski definition) is 11. The summed E-state index contributed by atoms with van der Waals surface area (Å²) in [5.41, 5.74) is 4.09. The molecule has 3 rings (SSSR count). The van der Waals surface area contributed by atoms with Gasteiger partial charge in [0.25, 0.3) is 0 Å². The number of nitriles is 1. The predicted molar refractivity (Wildman–Crippen MR) is 90.5 cm³/mol. The second kappa shape index (κ2) is 7.65. The van der Waals surface area contributed by atoms with Crippen molar-refractivity contribution in [2.45, 2.75) is 23.9 Å². The van der Waals surface area contributed by atoms with Crippen molar-refractivity contribution in [2.24, 2.45) is 0 Å². The minimum absolute atomic E-state index is 0.0642. The van der Waals surface area contributed by atoms with Crippen molar-refractivity contribution in [1.29, 1.82) is 5.26 Å². The third kappa shape index (κ3) is 3.93. The highest BCUT2D eigenvalue weighted by Gasteiger charge is 2.57. The molecule has 0 spiro atoms. The molecule has 15 heteroatoms. The first-order valence-corrected chi connectivity index (χ1v) is 9.51. The number of aliphatic hydroxyl groups excluding tert-OH is 2. The van der Waals surface area contributed by atoms with Crippen molar-refractivity contribution in [3.63, 3.8) is 0 Å². The van der Waals surface area contributed by atoms with Crippen molar-refractivity contribution in [3.8, 4) is 6.07 Å². The highest BCUT2D eigenvalue weighted by Crippen LogP contribution is 2.40. The van der Waals surface area contributed by atoms with E-state index in [9.17, 15) is 24.8 Å². The van der Waals surface area contributed by atoms with E-state index >= 15 is 0 Å². The fourth-order valence-corrected chi connectivity index (χ4v) is 3.18. The molecule has 0 unspecified atom stereocenters. The third-order valence-corrected chi connectivity index (χ3v) is 4.71. The zero-order valence-corrected chi connectivity index (χ0v) is 15.4. The van der Waals surface area contributed by atoms with Crippen LogP contribution in [-0.2, 0) is 29.0 Å². The molecule has 1 aliphatic rings. The van der Waals surface area contributed by atoms with Gasteiger partial charge in [0.05, 0.1) is 5.69 Å². The second-order valence-electron chi connectivity index (χ2n) is 6.05. The Balaban J connectivity index is 1.80. The number of fused-ring (bicyclic) bond motifs is 1. The van der Waals surface area contributed by atoms with Gasteiger partial charge in [0, 0.05) is 0 Å². The van der Waals surface area contributed by atoms with Gasteiger partial charge in [0.2, 0.25) is 5.60 Å². The molecule has 14 nitrogen and oxygen atoms in total. The molecule has 1 aliphatic heterocycles. The average molecular weight is 429 g/mol. The number of esters is 1. The second-order valence-corrected chi connectivity index (χ2v) is 7.29. The molecule has 29 heavy (non-hydrogen) atoms. The summed E-state index contributed by atoms with van der Waals surface area (Å²) in [6, 6.07) is 4.73. The van der Waals surface area contributed by atoms with Crippen LogP contribution in [-0.4, -0.2) is 72.1 Å². The Hall–Kier alpha value is -2.63. The molecule has 0 bridgehead atoms. The number of hydrogen-bond donors (Lipinski definition) is 5. The minimum atomic E-state index is -4.87. The maximum atomic E-state index is 11.5. The van der Waals surface area contributed by atoms with E-state index in [4.69, 9.17) is 25.0 Å². The quantitative estimate of drug-likeness (QED) is 0.243. The van der Waals surface area contributed by atoms with Gasteiger partial charge in [-0.25, -0.2) is 18.9 Å². The number of carbonyl (C=O) groups is 1. The van der Waals surface area contributed by atoms with Crippen LogP contribution < -0.4 is 5.73 Å². The molecule has 0 amide bonds. The van der Waals surface area contributed by atoms with Crippen molar-refractivity contribution >= 4 is 25.1 Å². The molecular weight excluding hydrogens is 413 g/mol. The van der Waals surface area contributed by atoms with Crippen LogP contribution in [0.15, 0.2) is 18.5 Å². The number of nitrogens with two attached hydrogens (primary N) is 1. The predicted octanol–water partition coefficient (Wildman–Crippen LogP) is -2.20. The molecular formula is C14H16N5O9P. The largest absolute Gasteiger partial charge is 0.470 e. The number of nitrogen functional groups attached to an aromatic ring is 1. The minimum Gasteiger partial charge on any atom is -0.461 e. The number of phosphoric ester groups is 1. The first-order valence-electron chi connectivity index (χ1n) is 7.98. The topological polar surface area (TPSA) is 223 Å². The summed E-state index contributed by atoms with van der Waals surface area (Å²) in [5, 5.41) is 34.5. The maximum Gasteiger partial charge on any atom is 0.470 e. The lowest BCUT2D eigenvalue weighted by Crippen LogP contribution is -2.41. The highest BCUT2D eigenvalue weighted by molar-refractivity contribution is 7.46. The zero-order valence-electron chi connectivity index (χ0n) is 14.5. The summed E-state index contributed by atoms with van der Waals surface area (Å²) >= 11 is 0. The number of carbonyl (C=O) groups excluding carboxylic acids is 1. The van der Waals surface area contributed by atoms with E-state index in [2.05, 4.69) is 14.6 Å². The van der Waals surface area contributed by atoms with Crippen LogP contribution in [0.1, 0.15) is 5.69 Å².